The van der Waals surface area contributed by atoms with Gasteiger partial charge < -0.3 is 5.73 Å². The minimum absolute atomic E-state index is 0.0537. The molecule has 0 radical (unpaired) electrons. The molecule has 0 saturated heterocycles. The quantitative estimate of drug-likeness (QED) is 0.841. The third-order valence-electron chi connectivity index (χ3n) is 4.49. The Morgan fingerprint density at radius 1 is 1.26 bits per heavy atom. The van der Waals surface area contributed by atoms with Crippen molar-refractivity contribution in [2.75, 3.05) is 6.54 Å². The second-order valence-electron chi connectivity index (χ2n) is 6.06. The summed E-state index contributed by atoms with van der Waals surface area (Å²) in [7, 11) is 0. The number of hydrogen-bond acceptors (Lipinski definition) is 1. The zero-order valence-electron chi connectivity index (χ0n) is 11.8. The van der Waals surface area contributed by atoms with E-state index in [9.17, 15) is 4.39 Å². The van der Waals surface area contributed by atoms with Crippen molar-refractivity contribution in [3.05, 3.63) is 33.5 Å². The average molecular weight is 328 g/mol. The van der Waals surface area contributed by atoms with Gasteiger partial charge >= 0.3 is 0 Å². The molecular formula is C16H23BrFN. The first-order chi connectivity index (χ1) is 9.00. The summed E-state index contributed by atoms with van der Waals surface area (Å²) >= 11 is 3.37. The van der Waals surface area contributed by atoms with Crippen LogP contribution in [-0.2, 0) is 5.41 Å². The molecule has 3 heteroatoms. The molecule has 1 aromatic carbocycles. The highest BCUT2D eigenvalue weighted by Crippen LogP contribution is 2.41. The maximum Gasteiger partial charge on any atom is 0.140 e. The zero-order valence-corrected chi connectivity index (χ0v) is 13.4. The maximum atomic E-state index is 14.2. The van der Waals surface area contributed by atoms with Crippen molar-refractivity contribution < 1.29 is 4.39 Å². The van der Waals surface area contributed by atoms with Gasteiger partial charge in [0, 0.05) is 12.0 Å². The van der Waals surface area contributed by atoms with Gasteiger partial charge in [-0.15, -0.1) is 0 Å². The summed E-state index contributed by atoms with van der Waals surface area (Å²) in [5.41, 5.74) is 8.14. The molecule has 2 rings (SSSR count). The van der Waals surface area contributed by atoms with Crippen LogP contribution in [0.3, 0.4) is 0 Å². The van der Waals surface area contributed by atoms with Crippen molar-refractivity contribution in [2.45, 2.75) is 57.3 Å². The molecule has 0 atom stereocenters. The standard InChI is InChI=1S/C16H23BrFN/c1-11(2)13-8-12(9-14(17)15(13)18)16(10-19)6-4-3-5-7-16/h8-9,11H,3-7,10,19H2,1-2H3. The van der Waals surface area contributed by atoms with E-state index in [1.807, 2.05) is 26.0 Å². The van der Waals surface area contributed by atoms with Crippen LogP contribution in [0, 0.1) is 5.82 Å². The lowest BCUT2D eigenvalue weighted by Gasteiger charge is -2.37. The van der Waals surface area contributed by atoms with Crippen LogP contribution in [0.15, 0.2) is 16.6 Å². The lowest BCUT2D eigenvalue weighted by atomic mass is 9.69. The Hall–Kier alpha value is -0.410. The normalized spacial score (nSPS) is 18.8. The molecule has 0 bridgehead atoms. The van der Waals surface area contributed by atoms with E-state index in [0.717, 1.165) is 18.4 Å². The Balaban J connectivity index is 2.49. The lowest BCUT2D eigenvalue weighted by Crippen LogP contribution is -2.37. The van der Waals surface area contributed by atoms with E-state index in [0.29, 0.717) is 11.0 Å². The Bertz CT molecular complexity index is 450. The highest BCUT2D eigenvalue weighted by molar-refractivity contribution is 9.10. The zero-order chi connectivity index (χ0) is 14.0. The molecule has 0 amide bonds. The number of hydrogen-bond donors (Lipinski definition) is 1. The van der Waals surface area contributed by atoms with Gasteiger partial charge in [-0.25, -0.2) is 4.39 Å². The Morgan fingerprint density at radius 3 is 2.42 bits per heavy atom. The molecule has 0 unspecified atom stereocenters. The van der Waals surface area contributed by atoms with Gasteiger partial charge in [0.05, 0.1) is 4.47 Å². The van der Waals surface area contributed by atoms with Crippen LogP contribution < -0.4 is 5.73 Å². The first-order valence-corrected chi connectivity index (χ1v) is 7.99. The molecule has 2 N–H and O–H groups in total. The molecule has 19 heavy (non-hydrogen) atoms. The van der Waals surface area contributed by atoms with Gasteiger partial charge in [0.15, 0.2) is 0 Å². The summed E-state index contributed by atoms with van der Waals surface area (Å²) in [5, 5.41) is 0. The number of nitrogens with two attached hydrogens (primary N) is 1. The van der Waals surface area contributed by atoms with Crippen LogP contribution in [0.2, 0.25) is 0 Å². The van der Waals surface area contributed by atoms with Crippen LogP contribution in [0.1, 0.15) is 63.0 Å². The van der Waals surface area contributed by atoms with Crippen LogP contribution in [0.4, 0.5) is 4.39 Å². The van der Waals surface area contributed by atoms with Gasteiger partial charge in [-0.05, 0) is 51.9 Å². The molecule has 1 saturated carbocycles. The second kappa shape index (κ2) is 5.92. The topological polar surface area (TPSA) is 26.0 Å². The predicted molar refractivity (Wildman–Crippen MR) is 82.0 cm³/mol. The number of rotatable bonds is 3. The fourth-order valence-electron chi connectivity index (χ4n) is 3.18. The fourth-order valence-corrected chi connectivity index (χ4v) is 3.65. The molecule has 0 heterocycles. The summed E-state index contributed by atoms with van der Waals surface area (Å²) in [6.07, 6.45) is 5.99. The van der Waals surface area contributed by atoms with Crippen molar-refractivity contribution in [1.29, 1.82) is 0 Å². The second-order valence-corrected chi connectivity index (χ2v) is 6.92. The largest absolute Gasteiger partial charge is 0.330 e. The van der Waals surface area contributed by atoms with Crippen LogP contribution >= 0.6 is 15.9 Å². The molecule has 1 fully saturated rings. The number of halogens is 2. The van der Waals surface area contributed by atoms with Crippen molar-refractivity contribution >= 4 is 15.9 Å². The summed E-state index contributed by atoms with van der Waals surface area (Å²) in [6, 6.07) is 3.99. The van der Waals surface area contributed by atoms with E-state index in [2.05, 4.69) is 15.9 Å². The van der Waals surface area contributed by atoms with E-state index < -0.39 is 0 Å². The van der Waals surface area contributed by atoms with Crippen LogP contribution in [0.5, 0.6) is 0 Å². The van der Waals surface area contributed by atoms with E-state index in [-0.39, 0.29) is 17.2 Å². The molecule has 0 aliphatic heterocycles. The number of benzene rings is 1. The summed E-state index contributed by atoms with van der Waals surface area (Å²) in [5.74, 6) is 0.0661. The monoisotopic (exact) mass is 327 g/mol. The van der Waals surface area contributed by atoms with Crippen molar-refractivity contribution in [1.82, 2.24) is 0 Å². The summed E-state index contributed by atoms with van der Waals surface area (Å²) in [4.78, 5) is 0. The van der Waals surface area contributed by atoms with Gasteiger partial charge in [0.25, 0.3) is 0 Å². The molecule has 0 aromatic heterocycles. The van der Waals surface area contributed by atoms with Gasteiger partial charge in [-0.1, -0.05) is 39.2 Å². The molecule has 106 valence electrons. The Morgan fingerprint density at radius 2 is 1.89 bits per heavy atom. The molecule has 1 aliphatic carbocycles. The molecular weight excluding hydrogens is 305 g/mol. The SMILES string of the molecule is CC(C)c1cc(C2(CN)CCCCC2)cc(Br)c1F. The molecule has 0 spiro atoms. The minimum atomic E-state index is -0.123. The predicted octanol–water partition coefficient (Wildman–Crippen LogP) is 4.87. The van der Waals surface area contributed by atoms with E-state index in [4.69, 9.17) is 5.73 Å². The highest BCUT2D eigenvalue weighted by Gasteiger charge is 2.33. The van der Waals surface area contributed by atoms with Crippen molar-refractivity contribution in [3.63, 3.8) is 0 Å². The molecule has 1 aliphatic rings. The summed E-state index contributed by atoms with van der Waals surface area (Å²) in [6.45, 7) is 4.72. The first kappa shape index (κ1) is 15.0. The van der Waals surface area contributed by atoms with E-state index >= 15 is 0 Å². The Labute approximate surface area is 123 Å². The van der Waals surface area contributed by atoms with Crippen molar-refractivity contribution in [3.8, 4) is 0 Å². The smallest absolute Gasteiger partial charge is 0.140 e. The molecule has 1 aromatic rings. The van der Waals surface area contributed by atoms with E-state index in [1.165, 1.54) is 24.8 Å². The third-order valence-corrected chi connectivity index (χ3v) is 5.07. The Kier molecular flexibility index (Phi) is 4.67. The highest BCUT2D eigenvalue weighted by atomic mass is 79.9. The summed E-state index contributed by atoms with van der Waals surface area (Å²) < 4.78 is 14.7. The van der Waals surface area contributed by atoms with Gasteiger partial charge in [0.2, 0.25) is 0 Å². The maximum absolute atomic E-state index is 14.2. The van der Waals surface area contributed by atoms with Gasteiger partial charge in [0.1, 0.15) is 5.82 Å². The third kappa shape index (κ3) is 2.87. The van der Waals surface area contributed by atoms with Gasteiger partial charge in [-0.3, -0.25) is 0 Å². The average Bonchev–Trinajstić information content (AvgIpc) is 2.42. The van der Waals surface area contributed by atoms with Crippen molar-refractivity contribution in [2.24, 2.45) is 5.73 Å². The molecule has 1 nitrogen and oxygen atoms in total. The van der Waals surface area contributed by atoms with Crippen LogP contribution in [0.25, 0.3) is 0 Å². The lowest BCUT2D eigenvalue weighted by molar-refractivity contribution is 0.300. The minimum Gasteiger partial charge on any atom is -0.330 e. The van der Waals surface area contributed by atoms with E-state index in [1.54, 1.807) is 0 Å². The first-order valence-electron chi connectivity index (χ1n) is 7.19. The van der Waals surface area contributed by atoms with Crippen LogP contribution in [-0.4, -0.2) is 6.54 Å². The fraction of sp³-hybridized carbons (Fsp3) is 0.625. The van der Waals surface area contributed by atoms with Gasteiger partial charge in [-0.2, -0.15) is 0 Å².